The molecule has 0 saturated heterocycles. The van der Waals surface area contributed by atoms with Crippen LogP contribution in [0.25, 0.3) is 22.0 Å². The molecular formula is C20H16F3N3O2. The molecule has 0 radical (unpaired) electrons. The summed E-state index contributed by atoms with van der Waals surface area (Å²) in [6.45, 7) is -1.97. The lowest BCUT2D eigenvalue weighted by atomic mass is 10.0. The second kappa shape index (κ2) is 8.08. The molecule has 3 rings (SSSR count). The maximum absolute atomic E-state index is 12.0. The summed E-state index contributed by atoms with van der Waals surface area (Å²) in [5.41, 5.74) is 2.92. The van der Waals surface area contributed by atoms with Crippen LogP contribution in [0.4, 0.5) is 13.2 Å². The van der Waals surface area contributed by atoms with Gasteiger partial charge in [0.25, 0.3) is 5.91 Å². The van der Waals surface area contributed by atoms with Crippen molar-refractivity contribution in [1.82, 2.24) is 15.6 Å². The Hall–Kier alpha value is -3.42. The van der Waals surface area contributed by atoms with E-state index in [-0.39, 0.29) is 0 Å². The van der Waals surface area contributed by atoms with Crippen LogP contribution in [0.15, 0.2) is 60.8 Å². The number of carbonyl (C=O) groups is 2. The predicted octanol–water partition coefficient (Wildman–Crippen LogP) is 3.31. The number of amides is 2. The predicted molar refractivity (Wildman–Crippen MR) is 98.6 cm³/mol. The number of hydrogen-bond acceptors (Lipinski definition) is 3. The number of hydrogen-bond donors (Lipinski definition) is 2. The molecule has 0 spiro atoms. The number of para-hydroxylation sites is 1. The maximum atomic E-state index is 12.0. The van der Waals surface area contributed by atoms with Crippen molar-refractivity contribution in [2.75, 3.05) is 13.1 Å². The van der Waals surface area contributed by atoms with Crippen molar-refractivity contribution >= 4 is 22.7 Å². The third kappa shape index (κ3) is 5.06. The fraction of sp³-hybridized carbons (Fsp3) is 0.150. The average molecular weight is 387 g/mol. The third-order valence-electron chi connectivity index (χ3n) is 3.97. The van der Waals surface area contributed by atoms with Gasteiger partial charge in [0.15, 0.2) is 0 Å². The summed E-state index contributed by atoms with van der Waals surface area (Å²) in [4.78, 5) is 27.8. The Morgan fingerprint density at radius 2 is 1.64 bits per heavy atom. The molecule has 0 atom stereocenters. The Bertz CT molecular complexity index is 1000. The Balaban J connectivity index is 1.61. The maximum Gasteiger partial charge on any atom is 0.405 e. The molecule has 2 amide bonds. The molecule has 0 aliphatic carbocycles. The largest absolute Gasteiger partial charge is 0.405 e. The molecule has 0 bridgehead atoms. The van der Waals surface area contributed by atoms with Crippen LogP contribution >= 0.6 is 0 Å². The first kappa shape index (κ1) is 19.3. The SMILES string of the molecule is O=C(CNC(=O)c1ccc(-c2cnc3ccccc3c2)cc1)NCC(F)(F)F. The Labute approximate surface area is 158 Å². The molecule has 0 aliphatic rings. The molecule has 0 saturated carbocycles. The third-order valence-corrected chi connectivity index (χ3v) is 3.97. The molecule has 0 fully saturated rings. The lowest BCUT2D eigenvalue weighted by Gasteiger charge is -2.09. The molecule has 8 heteroatoms. The van der Waals surface area contributed by atoms with Gasteiger partial charge in [0.2, 0.25) is 5.91 Å². The van der Waals surface area contributed by atoms with Crippen molar-refractivity contribution in [2.24, 2.45) is 0 Å². The summed E-state index contributed by atoms with van der Waals surface area (Å²) in [7, 11) is 0. The van der Waals surface area contributed by atoms with Gasteiger partial charge in [0, 0.05) is 22.7 Å². The first-order valence-corrected chi connectivity index (χ1v) is 8.39. The van der Waals surface area contributed by atoms with E-state index in [1.54, 1.807) is 35.8 Å². The van der Waals surface area contributed by atoms with Crippen molar-refractivity contribution in [3.8, 4) is 11.1 Å². The minimum absolute atomic E-state index is 0.293. The Kier molecular flexibility index (Phi) is 5.58. The Morgan fingerprint density at radius 1 is 0.929 bits per heavy atom. The second-order valence-electron chi connectivity index (χ2n) is 6.07. The minimum atomic E-state index is -4.49. The van der Waals surface area contributed by atoms with Gasteiger partial charge in [0.1, 0.15) is 6.54 Å². The zero-order chi connectivity index (χ0) is 20.1. The number of fused-ring (bicyclic) bond motifs is 1. The van der Waals surface area contributed by atoms with Crippen LogP contribution in [0.5, 0.6) is 0 Å². The van der Waals surface area contributed by atoms with Gasteiger partial charge < -0.3 is 10.6 Å². The molecule has 1 aromatic heterocycles. The number of alkyl halides is 3. The van der Waals surface area contributed by atoms with Crippen LogP contribution in [-0.4, -0.2) is 36.1 Å². The molecule has 3 aromatic rings. The van der Waals surface area contributed by atoms with E-state index < -0.39 is 31.1 Å². The first-order chi connectivity index (χ1) is 13.3. The fourth-order valence-electron chi connectivity index (χ4n) is 2.57. The normalized spacial score (nSPS) is 11.2. The molecule has 144 valence electrons. The van der Waals surface area contributed by atoms with Crippen LogP contribution in [0.3, 0.4) is 0 Å². The van der Waals surface area contributed by atoms with E-state index in [2.05, 4.69) is 10.3 Å². The molecule has 0 unspecified atom stereocenters. The van der Waals surface area contributed by atoms with E-state index in [9.17, 15) is 22.8 Å². The number of nitrogens with one attached hydrogen (secondary N) is 2. The van der Waals surface area contributed by atoms with Crippen molar-refractivity contribution in [3.05, 3.63) is 66.4 Å². The highest BCUT2D eigenvalue weighted by Crippen LogP contribution is 2.23. The number of benzene rings is 2. The first-order valence-electron chi connectivity index (χ1n) is 8.39. The summed E-state index contributed by atoms with van der Waals surface area (Å²) in [5.74, 6) is -1.46. The highest BCUT2D eigenvalue weighted by atomic mass is 19.4. The molecule has 0 aliphatic heterocycles. The number of halogens is 3. The van der Waals surface area contributed by atoms with Gasteiger partial charge in [-0.25, -0.2) is 0 Å². The van der Waals surface area contributed by atoms with E-state index in [1.165, 1.54) is 0 Å². The van der Waals surface area contributed by atoms with E-state index >= 15 is 0 Å². The van der Waals surface area contributed by atoms with Gasteiger partial charge in [-0.3, -0.25) is 14.6 Å². The molecule has 28 heavy (non-hydrogen) atoms. The fourth-order valence-corrected chi connectivity index (χ4v) is 2.57. The van der Waals surface area contributed by atoms with Crippen LogP contribution < -0.4 is 10.6 Å². The summed E-state index contributed by atoms with van der Waals surface area (Å²) in [6.07, 6.45) is -2.75. The monoisotopic (exact) mass is 387 g/mol. The number of aromatic nitrogens is 1. The smallest absolute Gasteiger partial charge is 0.345 e. The average Bonchev–Trinajstić information content (AvgIpc) is 2.69. The van der Waals surface area contributed by atoms with E-state index in [1.807, 2.05) is 30.3 Å². The van der Waals surface area contributed by atoms with Gasteiger partial charge in [-0.05, 0) is 29.8 Å². The van der Waals surface area contributed by atoms with Crippen LogP contribution in [0.1, 0.15) is 10.4 Å². The van der Waals surface area contributed by atoms with E-state index in [0.29, 0.717) is 5.56 Å². The lowest BCUT2D eigenvalue weighted by Crippen LogP contribution is -2.40. The minimum Gasteiger partial charge on any atom is -0.345 e. The summed E-state index contributed by atoms with van der Waals surface area (Å²) in [5, 5.41) is 4.97. The topological polar surface area (TPSA) is 71.1 Å². The molecule has 2 N–H and O–H groups in total. The Morgan fingerprint density at radius 3 is 2.36 bits per heavy atom. The van der Waals surface area contributed by atoms with Crippen LogP contribution in [0.2, 0.25) is 0 Å². The van der Waals surface area contributed by atoms with E-state index in [4.69, 9.17) is 0 Å². The van der Waals surface area contributed by atoms with Gasteiger partial charge >= 0.3 is 6.18 Å². The van der Waals surface area contributed by atoms with Crippen LogP contribution in [-0.2, 0) is 4.79 Å². The molecule has 5 nitrogen and oxygen atoms in total. The standard InChI is InChI=1S/C20H16F3N3O2/c21-20(22,23)12-26-18(27)11-25-19(28)14-7-5-13(6-8-14)16-9-15-3-1-2-4-17(15)24-10-16/h1-10H,11-12H2,(H,25,28)(H,26,27). The zero-order valence-corrected chi connectivity index (χ0v) is 14.6. The molecular weight excluding hydrogens is 371 g/mol. The number of rotatable bonds is 5. The summed E-state index contributed by atoms with van der Waals surface area (Å²) < 4.78 is 36.1. The highest BCUT2D eigenvalue weighted by Gasteiger charge is 2.27. The number of pyridine rings is 1. The van der Waals surface area contributed by atoms with Gasteiger partial charge in [-0.2, -0.15) is 13.2 Å². The number of carbonyl (C=O) groups excluding carboxylic acids is 2. The van der Waals surface area contributed by atoms with Gasteiger partial charge in [0.05, 0.1) is 12.1 Å². The van der Waals surface area contributed by atoms with Crippen molar-refractivity contribution in [3.63, 3.8) is 0 Å². The number of nitrogens with zero attached hydrogens (tertiary/aromatic N) is 1. The van der Waals surface area contributed by atoms with E-state index in [0.717, 1.165) is 22.0 Å². The van der Waals surface area contributed by atoms with Crippen molar-refractivity contribution in [1.29, 1.82) is 0 Å². The zero-order valence-electron chi connectivity index (χ0n) is 14.6. The quantitative estimate of drug-likeness (QED) is 0.706. The van der Waals surface area contributed by atoms with Crippen LogP contribution in [0, 0.1) is 0 Å². The van der Waals surface area contributed by atoms with Gasteiger partial charge in [-0.15, -0.1) is 0 Å². The van der Waals surface area contributed by atoms with Crippen molar-refractivity contribution < 1.29 is 22.8 Å². The molecule has 2 aromatic carbocycles. The molecule has 1 heterocycles. The van der Waals surface area contributed by atoms with Crippen molar-refractivity contribution in [2.45, 2.75) is 6.18 Å². The highest BCUT2D eigenvalue weighted by molar-refractivity contribution is 5.97. The summed E-state index contributed by atoms with van der Waals surface area (Å²) >= 11 is 0. The summed E-state index contributed by atoms with van der Waals surface area (Å²) in [6, 6.07) is 16.3. The second-order valence-corrected chi connectivity index (χ2v) is 6.07. The lowest BCUT2D eigenvalue weighted by molar-refractivity contribution is -0.137. The van der Waals surface area contributed by atoms with Gasteiger partial charge in [-0.1, -0.05) is 30.3 Å².